The van der Waals surface area contributed by atoms with Gasteiger partial charge in [0, 0.05) is 12.6 Å². The summed E-state index contributed by atoms with van der Waals surface area (Å²) in [5.41, 5.74) is -1.53. The van der Waals surface area contributed by atoms with Gasteiger partial charge in [0.15, 0.2) is 0 Å². The number of halogens is 3. The van der Waals surface area contributed by atoms with Crippen molar-refractivity contribution in [2.24, 2.45) is 23.7 Å². The van der Waals surface area contributed by atoms with Crippen molar-refractivity contribution in [2.45, 2.75) is 63.7 Å². The zero-order chi connectivity index (χ0) is 19.8. The van der Waals surface area contributed by atoms with Crippen molar-refractivity contribution in [2.75, 3.05) is 6.54 Å². The second-order valence-corrected chi connectivity index (χ2v) is 9.99. The SMILES string of the molecule is CC1(C)CN(C2C3CC4CC(C3)CC2C4)N1C(=O)c1ccccc1C(F)(F)F. The summed E-state index contributed by atoms with van der Waals surface area (Å²) in [5, 5.41) is 3.77. The molecule has 0 spiro atoms. The number of hydrogen-bond acceptors (Lipinski definition) is 2. The van der Waals surface area contributed by atoms with E-state index in [4.69, 9.17) is 0 Å². The highest BCUT2D eigenvalue weighted by molar-refractivity contribution is 5.96. The van der Waals surface area contributed by atoms with E-state index in [2.05, 4.69) is 5.01 Å². The zero-order valence-corrected chi connectivity index (χ0v) is 16.4. The van der Waals surface area contributed by atoms with Crippen LogP contribution in [0.15, 0.2) is 24.3 Å². The standard InChI is InChI=1S/C22H27F3N2O/c1-21(2)12-26(19-15-8-13-7-14(10-15)11-16(19)9-13)27(21)20(28)17-5-3-4-6-18(17)22(23,24)25/h3-6,13-16,19H,7-12H2,1-2H3. The van der Waals surface area contributed by atoms with Crippen LogP contribution < -0.4 is 0 Å². The first kappa shape index (κ1) is 18.5. The molecule has 4 aliphatic carbocycles. The van der Waals surface area contributed by atoms with Crippen molar-refractivity contribution in [1.82, 2.24) is 10.0 Å². The summed E-state index contributed by atoms with van der Waals surface area (Å²) in [5.74, 6) is 2.30. The van der Waals surface area contributed by atoms with Crippen LogP contribution in [0.2, 0.25) is 0 Å². The van der Waals surface area contributed by atoms with Crippen molar-refractivity contribution in [3.05, 3.63) is 35.4 Å². The Balaban J connectivity index is 1.46. The van der Waals surface area contributed by atoms with E-state index in [-0.39, 0.29) is 5.56 Å². The van der Waals surface area contributed by atoms with Crippen LogP contribution >= 0.6 is 0 Å². The number of hydrazine groups is 1. The number of amides is 1. The summed E-state index contributed by atoms with van der Waals surface area (Å²) in [6.45, 7) is 4.64. The van der Waals surface area contributed by atoms with E-state index >= 15 is 0 Å². The maximum Gasteiger partial charge on any atom is 0.417 e. The molecule has 6 rings (SSSR count). The van der Waals surface area contributed by atoms with Crippen molar-refractivity contribution in [3.8, 4) is 0 Å². The lowest BCUT2D eigenvalue weighted by Gasteiger charge is -2.66. The Hall–Kier alpha value is -1.56. The van der Waals surface area contributed by atoms with Gasteiger partial charge in [-0.2, -0.15) is 13.2 Å². The number of benzene rings is 1. The van der Waals surface area contributed by atoms with E-state index in [0.29, 0.717) is 17.9 Å². The molecule has 1 aliphatic heterocycles. The molecular weight excluding hydrogens is 365 g/mol. The zero-order valence-electron chi connectivity index (χ0n) is 16.4. The van der Waals surface area contributed by atoms with E-state index in [1.54, 1.807) is 5.01 Å². The second-order valence-electron chi connectivity index (χ2n) is 9.99. The van der Waals surface area contributed by atoms with Crippen LogP contribution in [-0.4, -0.2) is 34.1 Å². The van der Waals surface area contributed by atoms with Gasteiger partial charge in [-0.3, -0.25) is 9.80 Å². The Morgan fingerprint density at radius 3 is 2.11 bits per heavy atom. The number of carbonyl (C=O) groups is 1. The molecule has 5 fully saturated rings. The molecular formula is C22H27F3N2O. The molecule has 0 atom stereocenters. The van der Waals surface area contributed by atoms with Gasteiger partial charge in [0.25, 0.3) is 5.91 Å². The minimum Gasteiger partial charge on any atom is -0.268 e. The Bertz CT molecular complexity index is 775. The molecule has 0 unspecified atom stereocenters. The molecule has 28 heavy (non-hydrogen) atoms. The third-order valence-corrected chi connectivity index (χ3v) is 7.56. The number of alkyl halides is 3. The largest absolute Gasteiger partial charge is 0.417 e. The highest BCUT2D eigenvalue weighted by Gasteiger charge is 2.58. The minimum atomic E-state index is -4.53. The van der Waals surface area contributed by atoms with Crippen molar-refractivity contribution < 1.29 is 18.0 Å². The van der Waals surface area contributed by atoms with Gasteiger partial charge < -0.3 is 0 Å². The quantitative estimate of drug-likeness (QED) is 0.709. The van der Waals surface area contributed by atoms with Crippen LogP contribution in [0, 0.1) is 23.7 Å². The van der Waals surface area contributed by atoms with E-state index in [1.165, 1.54) is 50.3 Å². The summed E-state index contributed by atoms with van der Waals surface area (Å²) < 4.78 is 40.5. The first-order chi connectivity index (χ1) is 13.1. The molecule has 0 radical (unpaired) electrons. The summed E-state index contributed by atoms with van der Waals surface area (Å²) >= 11 is 0. The van der Waals surface area contributed by atoms with Crippen LogP contribution in [0.25, 0.3) is 0 Å². The molecule has 3 nitrogen and oxygen atoms in total. The third-order valence-electron chi connectivity index (χ3n) is 7.56. The van der Waals surface area contributed by atoms with E-state index in [0.717, 1.165) is 24.4 Å². The Morgan fingerprint density at radius 2 is 1.57 bits per heavy atom. The molecule has 5 aliphatic rings. The Morgan fingerprint density at radius 1 is 1.00 bits per heavy atom. The molecule has 4 bridgehead atoms. The molecule has 1 aromatic rings. The van der Waals surface area contributed by atoms with Crippen LogP contribution in [-0.2, 0) is 6.18 Å². The van der Waals surface area contributed by atoms with Gasteiger partial charge in [0.05, 0.1) is 16.7 Å². The first-order valence-electron chi connectivity index (χ1n) is 10.4. The first-order valence-corrected chi connectivity index (χ1v) is 10.4. The van der Waals surface area contributed by atoms with Crippen molar-refractivity contribution in [3.63, 3.8) is 0 Å². The topological polar surface area (TPSA) is 23.6 Å². The fraction of sp³-hybridized carbons (Fsp3) is 0.682. The van der Waals surface area contributed by atoms with Gasteiger partial charge >= 0.3 is 6.18 Å². The minimum absolute atomic E-state index is 0.239. The summed E-state index contributed by atoms with van der Waals surface area (Å²) in [4.78, 5) is 13.3. The third kappa shape index (κ3) is 2.71. The monoisotopic (exact) mass is 392 g/mol. The van der Waals surface area contributed by atoms with Gasteiger partial charge in [-0.1, -0.05) is 12.1 Å². The van der Waals surface area contributed by atoms with Gasteiger partial charge in [0.2, 0.25) is 0 Å². The highest BCUT2D eigenvalue weighted by atomic mass is 19.4. The summed E-state index contributed by atoms with van der Waals surface area (Å²) in [6, 6.07) is 5.49. The molecule has 1 heterocycles. The average molecular weight is 392 g/mol. The van der Waals surface area contributed by atoms with Gasteiger partial charge in [-0.05, 0) is 81.8 Å². The Kier molecular flexibility index (Phi) is 3.94. The highest BCUT2D eigenvalue weighted by Crippen LogP contribution is 2.57. The number of rotatable bonds is 2. The lowest BCUT2D eigenvalue weighted by atomic mass is 9.53. The van der Waals surface area contributed by atoms with Gasteiger partial charge in [-0.15, -0.1) is 0 Å². The molecule has 6 heteroatoms. The fourth-order valence-corrected chi connectivity index (χ4v) is 6.85. The van der Waals surface area contributed by atoms with Gasteiger partial charge in [0.1, 0.15) is 0 Å². The lowest BCUT2D eigenvalue weighted by molar-refractivity contribution is -0.235. The molecule has 152 valence electrons. The van der Waals surface area contributed by atoms with Crippen molar-refractivity contribution in [1.29, 1.82) is 0 Å². The van der Waals surface area contributed by atoms with E-state index in [1.807, 2.05) is 13.8 Å². The number of hydrogen-bond donors (Lipinski definition) is 0. The maximum atomic E-state index is 13.5. The summed E-state index contributed by atoms with van der Waals surface area (Å²) in [7, 11) is 0. The predicted octanol–water partition coefficient (Wildman–Crippen LogP) is 4.98. The van der Waals surface area contributed by atoms with Crippen LogP contribution in [0.4, 0.5) is 13.2 Å². The van der Waals surface area contributed by atoms with Crippen LogP contribution in [0.1, 0.15) is 61.9 Å². The molecule has 1 aromatic carbocycles. The molecule has 1 saturated heterocycles. The normalized spacial score (nSPS) is 36.5. The molecule has 0 aromatic heterocycles. The maximum absolute atomic E-state index is 13.5. The predicted molar refractivity (Wildman–Crippen MR) is 99.2 cm³/mol. The Labute approximate surface area is 163 Å². The van der Waals surface area contributed by atoms with Crippen molar-refractivity contribution >= 4 is 5.91 Å². The van der Waals surface area contributed by atoms with Gasteiger partial charge in [-0.25, -0.2) is 5.01 Å². The van der Waals surface area contributed by atoms with Crippen LogP contribution in [0.5, 0.6) is 0 Å². The van der Waals surface area contributed by atoms with Crippen LogP contribution in [0.3, 0.4) is 0 Å². The molecule has 4 saturated carbocycles. The smallest absolute Gasteiger partial charge is 0.268 e. The number of nitrogens with zero attached hydrogens (tertiary/aromatic N) is 2. The van der Waals surface area contributed by atoms with E-state index in [9.17, 15) is 18.0 Å². The average Bonchev–Trinajstić information content (AvgIpc) is 2.59. The fourth-order valence-electron chi connectivity index (χ4n) is 6.85. The second kappa shape index (κ2) is 5.97. The van der Waals surface area contributed by atoms with E-state index < -0.39 is 23.2 Å². The molecule has 1 amide bonds. The number of carbonyl (C=O) groups excluding carboxylic acids is 1. The summed E-state index contributed by atoms with van der Waals surface area (Å²) in [6.07, 6.45) is 1.69. The lowest BCUT2D eigenvalue weighted by Crippen LogP contribution is -2.77. The molecule has 0 N–H and O–H groups in total.